The predicted molar refractivity (Wildman–Crippen MR) is 96.1 cm³/mol. The van der Waals surface area contributed by atoms with Gasteiger partial charge in [0.2, 0.25) is 5.91 Å². The zero-order valence-electron chi connectivity index (χ0n) is 14.4. The van der Waals surface area contributed by atoms with E-state index in [2.05, 4.69) is 16.4 Å². The Labute approximate surface area is 152 Å². The molecule has 1 aromatic carbocycles. The van der Waals surface area contributed by atoms with Gasteiger partial charge >= 0.3 is 0 Å². The lowest BCUT2D eigenvalue weighted by molar-refractivity contribution is -0.174. The van der Waals surface area contributed by atoms with Crippen molar-refractivity contribution in [1.82, 2.24) is 15.2 Å². The number of benzene rings is 1. The van der Waals surface area contributed by atoms with Gasteiger partial charge in [-0.2, -0.15) is 5.26 Å². The van der Waals surface area contributed by atoms with Gasteiger partial charge in [0.1, 0.15) is 11.9 Å². The van der Waals surface area contributed by atoms with Crippen molar-refractivity contribution in [3.63, 3.8) is 0 Å². The number of carbonyl (C=O) groups is 1. The van der Waals surface area contributed by atoms with Gasteiger partial charge in [-0.25, -0.2) is 4.98 Å². The molecule has 0 saturated carbocycles. The van der Waals surface area contributed by atoms with E-state index in [4.69, 9.17) is 5.73 Å². The van der Waals surface area contributed by atoms with E-state index in [1.807, 2.05) is 37.3 Å². The fourth-order valence-electron chi connectivity index (χ4n) is 3.22. The third kappa shape index (κ3) is 3.52. The molecule has 1 aromatic heterocycles. The summed E-state index contributed by atoms with van der Waals surface area (Å²) in [6.45, 7) is 1.89. The average molecular weight is 351 g/mol. The van der Waals surface area contributed by atoms with Crippen LogP contribution >= 0.6 is 0 Å². The highest BCUT2D eigenvalue weighted by molar-refractivity contribution is 5.87. The molecule has 0 radical (unpaired) electrons. The van der Waals surface area contributed by atoms with Gasteiger partial charge in [-0.1, -0.05) is 30.3 Å². The number of aliphatic hydroxyl groups is 1. The zero-order chi connectivity index (χ0) is 18.7. The number of rotatable bonds is 6. The second-order valence-electron chi connectivity index (χ2n) is 6.39. The molecule has 7 nitrogen and oxygen atoms in total. The molecule has 4 atom stereocenters. The molecule has 26 heavy (non-hydrogen) atoms. The lowest BCUT2D eigenvalue weighted by Crippen LogP contribution is -2.67. The minimum Gasteiger partial charge on any atom is -0.384 e. The van der Waals surface area contributed by atoms with E-state index >= 15 is 0 Å². The largest absolute Gasteiger partial charge is 0.384 e. The molecule has 3 rings (SSSR count). The molecule has 134 valence electrons. The fraction of sp³-hybridized carbons (Fsp3) is 0.316. The van der Waals surface area contributed by atoms with Crippen LogP contribution in [0, 0.1) is 17.2 Å². The summed E-state index contributed by atoms with van der Waals surface area (Å²) in [5.41, 5.74) is 7.49. The molecule has 0 bridgehead atoms. The first-order chi connectivity index (χ1) is 12.5. The number of nitrogens with two attached hydrogens (primary N) is 1. The van der Waals surface area contributed by atoms with Crippen molar-refractivity contribution in [3.8, 4) is 6.07 Å². The van der Waals surface area contributed by atoms with E-state index in [9.17, 15) is 15.2 Å². The number of nitrogens with one attached hydrogen (secondary N) is 1. The Kier molecular flexibility index (Phi) is 5.16. The van der Waals surface area contributed by atoms with Crippen LogP contribution in [0.3, 0.4) is 0 Å². The van der Waals surface area contributed by atoms with E-state index in [1.165, 1.54) is 4.90 Å². The maximum atomic E-state index is 12.5. The van der Waals surface area contributed by atoms with Crippen molar-refractivity contribution in [2.24, 2.45) is 5.92 Å². The van der Waals surface area contributed by atoms with Gasteiger partial charge in [-0.3, -0.25) is 15.0 Å². The molecule has 1 aliphatic rings. The highest BCUT2D eigenvalue weighted by Gasteiger charge is 2.50. The Morgan fingerprint density at radius 1 is 1.38 bits per heavy atom. The molecule has 7 heteroatoms. The molecule has 4 N–H and O–H groups in total. The Morgan fingerprint density at radius 2 is 2.12 bits per heavy atom. The highest BCUT2D eigenvalue weighted by Crippen LogP contribution is 2.31. The average Bonchev–Trinajstić information content (AvgIpc) is 2.64. The van der Waals surface area contributed by atoms with E-state index in [0.717, 1.165) is 11.1 Å². The number of hydrogen-bond acceptors (Lipinski definition) is 6. The van der Waals surface area contributed by atoms with Crippen molar-refractivity contribution in [2.45, 2.75) is 31.8 Å². The van der Waals surface area contributed by atoms with Crippen LogP contribution < -0.4 is 11.1 Å². The summed E-state index contributed by atoms with van der Waals surface area (Å²) in [7, 11) is 0. The standard InChI is InChI=1S/C19H21N5O2/c1-12(14-5-3-2-4-6-14)23-19(26)24-16(11-20)15(18(24)25)9-13-7-8-22-17(21)10-13/h2-8,10,12,15-16,19,23,26H,9H2,1H3,(H2,21,22). The van der Waals surface area contributed by atoms with Gasteiger partial charge in [0.25, 0.3) is 0 Å². The van der Waals surface area contributed by atoms with Crippen molar-refractivity contribution in [2.75, 3.05) is 5.73 Å². The summed E-state index contributed by atoms with van der Waals surface area (Å²) >= 11 is 0. The number of nitrogens with zero attached hydrogens (tertiary/aromatic N) is 3. The van der Waals surface area contributed by atoms with Crippen molar-refractivity contribution >= 4 is 11.7 Å². The van der Waals surface area contributed by atoms with Crippen LogP contribution in [-0.4, -0.2) is 33.3 Å². The predicted octanol–water partition coefficient (Wildman–Crippen LogP) is 1.18. The lowest BCUT2D eigenvalue weighted by atomic mass is 9.83. The zero-order valence-corrected chi connectivity index (χ0v) is 14.4. The maximum absolute atomic E-state index is 12.5. The van der Waals surface area contributed by atoms with E-state index in [-0.39, 0.29) is 11.9 Å². The SMILES string of the molecule is CC(NC(O)N1C(=O)C(Cc2ccnc(N)c2)C1C#N)c1ccccc1. The number of aliphatic hydroxyl groups excluding tert-OH is 1. The fourth-order valence-corrected chi connectivity index (χ4v) is 3.22. The van der Waals surface area contributed by atoms with Crippen LogP contribution in [0.25, 0.3) is 0 Å². The molecule has 0 spiro atoms. The number of pyridine rings is 1. The molecule has 0 aliphatic carbocycles. The van der Waals surface area contributed by atoms with Crippen molar-refractivity contribution < 1.29 is 9.90 Å². The van der Waals surface area contributed by atoms with Gasteiger partial charge in [0, 0.05) is 12.2 Å². The highest BCUT2D eigenvalue weighted by atomic mass is 16.3. The van der Waals surface area contributed by atoms with Crippen LogP contribution in [0.15, 0.2) is 48.7 Å². The van der Waals surface area contributed by atoms with Crippen LogP contribution in [-0.2, 0) is 11.2 Å². The molecule has 2 heterocycles. The third-order valence-corrected chi connectivity index (χ3v) is 4.65. The number of carbonyl (C=O) groups excluding carboxylic acids is 1. The van der Waals surface area contributed by atoms with Gasteiger partial charge in [-0.05, 0) is 36.6 Å². The molecular formula is C19H21N5O2. The molecule has 2 aromatic rings. The normalized spacial score (nSPS) is 21.6. The van der Waals surface area contributed by atoms with Crippen LogP contribution in [0.5, 0.6) is 0 Å². The number of hydrogen-bond donors (Lipinski definition) is 3. The molecular weight excluding hydrogens is 330 g/mol. The number of β-lactam (4-membered cyclic amide) rings is 1. The van der Waals surface area contributed by atoms with Crippen LogP contribution in [0.2, 0.25) is 0 Å². The number of aromatic nitrogens is 1. The first-order valence-corrected chi connectivity index (χ1v) is 8.42. The number of amides is 1. The second-order valence-corrected chi connectivity index (χ2v) is 6.39. The molecule has 1 saturated heterocycles. The Hall–Kier alpha value is -2.95. The maximum Gasteiger partial charge on any atom is 0.233 e. The quantitative estimate of drug-likeness (QED) is 0.532. The van der Waals surface area contributed by atoms with Crippen molar-refractivity contribution in [1.29, 1.82) is 5.26 Å². The minimum atomic E-state index is -1.22. The smallest absolute Gasteiger partial charge is 0.233 e. The first kappa shape index (κ1) is 17.9. The molecule has 4 unspecified atom stereocenters. The van der Waals surface area contributed by atoms with Gasteiger partial charge in [0.05, 0.1) is 12.0 Å². The summed E-state index contributed by atoms with van der Waals surface area (Å²) in [5, 5.41) is 22.8. The number of likely N-dealkylation sites (tertiary alicyclic amines) is 1. The lowest BCUT2D eigenvalue weighted by Gasteiger charge is -2.46. The van der Waals surface area contributed by atoms with Crippen LogP contribution in [0.1, 0.15) is 24.1 Å². The van der Waals surface area contributed by atoms with E-state index in [0.29, 0.717) is 12.2 Å². The molecule has 1 fully saturated rings. The van der Waals surface area contributed by atoms with Gasteiger partial charge < -0.3 is 10.8 Å². The number of anilines is 1. The number of nitrogen functional groups attached to an aromatic ring is 1. The molecule has 1 aliphatic heterocycles. The monoisotopic (exact) mass is 351 g/mol. The summed E-state index contributed by atoms with van der Waals surface area (Å²) in [5.74, 6) is -0.379. The molecule has 1 amide bonds. The second kappa shape index (κ2) is 7.52. The Bertz CT molecular complexity index is 820. The van der Waals surface area contributed by atoms with Crippen molar-refractivity contribution in [3.05, 3.63) is 59.8 Å². The van der Waals surface area contributed by atoms with Crippen LogP contribution in [0.4, 0.5) is 5.82 Å². The van der Waals surface area contributed by atoms with E-state index in [1.54, 1.807) is 18.3 Å². The van der Waals surface area contributed by atoms with Gasteiger partial charge in [-0.15, -0.1) is 0 Å². The first-order valence-electron chi connectivity index (χ1n) is 8.42. The minimum absolute atomic E-state index is 0.169. The number of nitriles is 1. The Morgan fingerprint density at radius 3 is 2.77 bits per heavy atom. The Balaban J connectivity index is 1.65. The summed E-state index contributed by atoms with van der Waals surface area (Å²) in [4.78, 5) is 17.6. The summed E-state index contributed by atoms with van der Waals surface area (Å²) in [6, 6.07) is 14.3. The summed E-state index contributed by atoms with van der Waals surface area (Å²) in [6.07, 6.45) is 0.743. The third-order valence-electron chi connectivity index (χ3n) is 4.65. The summed E-state index contributed by atoms with van der Waals surface area (Å²) < 4.78 is 0. The topological polar surface area (TPSA) is 115 Å². The van der Waals surface area contributed by atoms with Gasteiger partial charge in [0.15, 0.2) is 6.35 Å². The van der Waals surface area contributed by atoms with E-state index < -0.39 is 18.3 Å².